The van der Waals surface area contributed by atoms with E-state index in [1.54, 1.807) is 13.8 Å². The van der Waals surface area contributed by atoms with Crippen molar-refractivity contribution in [2.45, 2.75) is 43.4 Å². The number of halogens is 1. The summed E-state index contributed by atoms with van der Waals surface area (Å²) in [5.41, 5.74) is 0.583. The molecule has 3 rings (SSSR count). The average molecular weight is 502 g/mol. The third kappa shape index (κ3) is 4.78. The highest BCUT2D eigenvalue weighted by Gasteiger charge is 2.39. The minimum atomic E-state index is -3.90. The number of thiophene rings is 2. The van der Waals surface area contributed by atoms with Crippen LogP contribution in [0, 0.1) is 18.3 Å². The van der Waals surface area contributed by atoms with E-state index in [9.17, 15) is 23.3 Å². The largest absolute Gasteiger partial charge is 0.462 e. The molecule has 2 aromatic heterocycles. The molecule has 12 heteroatoms. The van der Waals surface area contributed by atoms with Crippen LogP contribution in [0.4, 0.5) is 5.00 Å². The Kier molecular flexibility index (Phi) is 7.39. The zero-order valence-electron chi connectivity index (χ0n) is 16.8. The number of nitriles is 1. The van der Waals surface area contributed by atoms with Gasteiger partial charge in [-0.25, -0.2) is 13.2 Å². The molecule has 2 aromatic rings. The quantitative estimate of drug-likeness (QED) is 0.598. The van der Waals surface area contributed by atoms with Gasteiger partial charge in [-0.15, -0.1) is 22.7 Å². The number of rotatable bonds is 6. The number of esters is 1. The summed E-state index contributed by atoms with van der Waals surface area (Å²) in [6.07, 6.45) is 1.68. The van der Waals surface area contributed by atoms with Gasteiger partial charge in [0.15, 0.2) is 0 Å². The van der Waals surface area contributed by atoms with Gasteiger partial charge in [0.05, 0.1) is 16.5 Å². The molecular formula is C19H20ClN3O5S3. The first-order valence-corrected chi connectivity index (χ1v) is 12.9. The predicted octanol–water partition coefficient (Wildman–Crippen LogP) is 4.00. The molecule has 0 saturated carbocycles. The van der Waals surface area contributed by atoms with Crippen molar-refractivity contribution in [3.05, 3.63) is 32.5 Å². The summed E-state index contributed by atoms with van der Waals surface area (Å²) in [5.74, 6) is -1.11. The van der Waals surface area contributed by atoms with Gasteiger partial charge in [0.25, 0.3) is 10.0 Å². The molecule has 8 nitrogen and oxygen atoms in total. The minimum absolute atomic E-state index is 0.0754. The molecule has 1 atom stereocenters. The van der Waals surface area contributed by atoms with E-state index in [0.29, 0.717) is 29.2 Å². The summed E-state index contributed by atoms with van der Waals surface area (Å²) in [4.78, 5) is 25.5. The van der Waals surface area contributed by atoms with Crippen LogP contribution in [0.1, 0.15) is 47.0 Å². The molecule has 1 N–H and O–H groups in total. The topological polar surface area (TPSA) is 117 Å². The van der Waals surface area contributed by atoms with Crippen molar-refractivity contribution in [1.82, 2.24) is 4.31 Å². The third-order valence-corrected chi connectivity index (χ3v) is 9.62. The Morgan fingerprint density at radius 2 is 2.10 bits per heavy atom. The molecule has 1 aliphatic heterocycles. The maximum Gasteiger partial charge on any atom is 0.348 e. The highest BCUT2D eigenvalue weighted by atomic mass is 35.5. The van der Waals surface area contributed by atoms with Crippen molar-refractivity contribution >= 4 is 61.2 Å². The van der Waals surface area contributed by atoms with Crippen LogP contribution in [0.25, 0.3) is 0 Å². The van der Waals surface area contributed by atoms with Crippen LogP contribution in [-0.2, 0) is 19.6 Å². The molecular weight excluding hydrogens is 482 g/mol. The fourth-order valence-electron chi connectivity index (χ4n) is 3.33. The molecule has 0 bridgehead atoms. The number of hydrogen-bond acceptors (Lipinski definition) is 8. The Morgan fingerprint density at radius 3 is 2.71 bits per heavy atom. The summed E-state index contributed by atoms with van der Waals surface area (Å²) in [7, 11) is -3.90. The maximum atomic E-state index is 13.1. The van der Waals surface area contributed by atoms with E-state index in [1.165, 1.54) is 16.4 Å². The van der Waals surface area contributed by atoms with E-state index >= 15 is 0 Å². The first-order valence-electron chi connectivity index (χ1n) is 9.49. The Bertz CT molecular complexity index is 1150. The van der Waals surface area contributed by atoms with Gasteiger partial charge in [-0.05, 0) is 44.4 Å². The fourth-order valence-corrected chi connectivity index (χ4v) is 7.65. The number of hydrogen-bond donors (Lipinski definition) is 1. The maximum absolute atomic E-state index is 13.1. The lowest BCUT2D eigenvalue weighted by Gasteiger charge is -2.33. The van der Waals surface area contributed by atoms with Crippen LogP contribution in [0.2, 0.25) is 4.34 Å². The van der Waals surface area contributed by atoms with Crippen molar-refractivity contribution in [2.75, 3.05) is 18.5 Å². The summed E-state index contributed by atoms with van der Waals surface area (Å²) in [6.45, 7) is 3.67. The molecule has 1 unspecified atom stereocenters. The summed E-state index contributed by atoms with van der Waals surface area (Å²) < 4.78 is 32.8. The molecule has 0 aliphatic carbocycles. The number of carbonyl (C=O) groups excluding carboxylic acids is 2. The molecule has 1 saturated heterocycles. The Labute approximate surface area is 193 Å². The number of carbonyl (C=O) groups is 2. The number of nitrogens with one attached hydrogen (secondary N) is 1. The molecule has 0 spiro atoms. The zero-order chi connectivity index (χ0) is 22.8. The second kappa shape index (κ2) is 9.67. The van der Waals surface area contributed by atoms with E-state index < -0.39 is 27.9 Å². The summed E-state index contributed by atoms with van der Waals surface area (Å²) in [5, 5.41) is 12.4. The van der Waals surface area contributed by atoms with Crippen LogP contribution in [-0.4, -0.2) is 43.8 Å². The molecule has 3 heterocycles. The van der Waals surface area contributed by atoms with Gasteiger partial charge in [-0.3, -0.25) is 4.79 Å². The van der Waals surface area contributed by atoms with Crippen molar-refractivity contribution < 1.29 is 22.7 Å². The fraction of sp³-hybridized carbons (Fsp3) is 0.421. The lowest BCUT2D eigenvalue weighted by atomic mass is 10.0. The zero-order valence-corrected chi connectivity index (χ0v) is 20.0. The van der Waals surface area contributed by atoms with Crippen molar-refractivity contribution in [3.8, 4) is 6.07 Å². The number of ether oxygens (including phenoxy) is 1. The monoisotopic (exact) mass is 501 g/mol. The SMILES string of the molecule is CCOC(=O)c1sc(NC(=O)C2CCCCN2S(=O)(=O)c2ccc(Cl)s2)c(C#N)c1C. The third-order valence-electron chi connectivity index (χ3n) is 4.82. The smallest absolute Gasteiger partial charge is 0.348 e. The highest BCUT2D eigenvalue weighted by Crippen LogP contribution is 2.35. The standard InChI is InChI=1S/C19H20ClN3O5S3/c1-3-28-19(25)16-11(2)12(10-21)18(30-16)22-17(24)13-6-4-5-9-23(13)31(26,27)15-8-7-14(20)29-15/h7-8,13H,3-6,9H2,1-2H3,(H,22,24). The lowest BCUT2D eigenvalue weighted by molar-refractivity contribution is -0.120. The van der Waals surface area contributed by atoms with Crippen LogP contribution in [0.5, 0.6) is 0 Å². The molecule has 1 fully saturated rings. The molecule has 1 amide bonds. The van der Waals surface area contributed by atoms with Crippen LogP contribution >= 0.6 is 34.3 Å². The van der Waals surface area contributed by atoms with Gasteiger partial charge in [-0.2, -0.15) is 9.57 Å². The van der Waals surface area contributed by atoms with Gasteiger partial charge in [-0.1, -0.05) is 18.0 Å². The first-order chi connectivity index (χ1) is 14.7. The highest BCUT2D eigenvalue weighted by molar-refractivity contribution is 7.91. The van der Waals surface area contributed by atoms with Crippen LogP contribution in [0.3, 0.4) is 0 Å². The Balaban J connectivity index is 1.89. The summed E-state index contributed by atoms with van der Waals surface area (Å²) >= 11 is 7.78. The average Bonchev–Trinajstić information content (AvgIpc) is 3.31. The molecule has 31 heavy (non-hydrogen) atoms. The number of nitrogens with zero attached hydrogens (tertiary/aromatic N) is 2. The normalized spacial score (nSPS) is 17.2. The van der Waals surface area contributed by atoms with E-state index in [4.69, 9.17) is 16.3 Å². The van der Waals surface area contributed by atoms with E-state index in [2.05, 4.69) is 5.32 Å². The molecule has 0 radical (unpaired) electrons. The van der Waals surface area contributed by atoms with Crippen molar-refractivity contribution in [3.63, 3.8) is 0 Å². The Morgan fingerprint density at radius 1 is 1.35 bits per heavy atom. The van der Waals surface area contributed by atoms with Crippen LogP contribution < -0.4 is 5.32 Å². The second-order valence-electron chi connectivity index (χ2n) is 6.77. The van der Waals surface area contributed by atoms with Gasteiger partial charge in [0.1, 0.15) is 26.2 Å². The molecule has 0 aromatic carbocycles. The van der Waals surface area contributed by atoms with E-state index in [1.807, 2.05) is 6.07 Å². The van der Waals surface area contributed by atoms with Gasteiger partial charge < -0.3 is 10.1 Å². The number of amides is 1. The lowest BCUT2D eigenvalue weighted by Crippen LogP contribution is -2.49. The van der Waals surface area contributed by atoms with E-state index in [0.717, 1.165) is 22.7 Å². The van der Waals surface area contributed by atoms with Gasteiger partial charge in [0.2, 0.25) is 5.91 Å². The number of piperidine rings is 1. The minimum Gasteiger partial charge on any atom is -0.462 e. The first kappa shape index (κ1) is 23.7. The van der Waals surface area contributed by atoms with E-state index in [-0.39, 0.29) is 32.8 Å². The van der Waals surface area contributed by atoms with Gasteiger partial charge in [0, 0.05) is 6.54 Å². The second-order valence-corrected chi connectivity index (χ2v) is 11.6. The van der Waals surface area contributed by atoms with Crippen molar-refractivity contribution in [2.24, 2.45) is 0 Å². The molecule has 166 valence electrons. The molecule has 1 aliphatic rings. The van der Waals surface area contributed by atoms with Gasteiger partial charge >= 0.3 is 5.97 Å². The van der Waals surface area contributed by atoms with Crippen molar-refractivity contribution in [1.29, 1.82) is 5.26 Å². The van der Waals surface area contributed by atoms with Crippen LogP contribution in [0.15, 0.2) is 16.3 Å². The number of anilines is 1. The Hall–Kier alpha value is -1.97. The summed E-state index contributed by atoms with van der Waals surface area (Å²) in [6, 6.07) is 4.00. The number of sulfonamides is 1. The predicted molar refractivity (Wildman–Crippen MR) is 119 cm³/mol.